The van der Waals surface area contributed by atoms with Crippen LogP contribution in [0.15, 0.2) is 59.3 Å². The van der Waals surface area contributed by atoms with Crippen molar-refractivity contribution in [1.82, 2.24) is 9.55 Å². The number of aromatic nitrogens is 2. The number of hydrogen-bond donors (Lipinski definition) is 0. The molecule has 2 aromatic carbocycles. The summed E-state index contributed by atoms with van der Waals surface area (Å²) in [6.07, 6.45) is 3.57. The van der Waals surface area contributed by atoms with Crippen LogP contribution in [0.4, 0.5) is 4.39 Å². The van der Waals surface area contributed by atoms with Gasteiger partial charge < -0.3 is 4.57 Å². The average molecular weight is 366 g/mol. The zero-order chi connectivity index (χ0) is 14.8. The van der Waals surface area contributed by atoms with E-state index in [1.807, 2.05) is 41.1 Å². The Hall–Kier alpha value is -1.65. The van der Waals surface area contributed by atoms with Crippen LogP contribution in [0.25, 0.3) is 11.4 Å². The number of rotatable bonds is 3. The molecule has 106 valence electrons. The van der Waals surface area contributed by atoms with Gasteiger partial charge in [0.15, 0.2) is 0 Å². The number of benzene rings is 2. The molecule has 0 unspecified atom stereocenters. The molecule has 0 N–H and O–H groups in total. The van der Waals surface area contributed by atoms with Gasteiger partial charge in [-0.25, -0.2) is 9.37 Å². The third kappa shape index (κ3) is 3.17. The fourth-order valence-electron chi connectivity index (χ4n) is 2.22. The smallest absolute Gasteiger partial charge is 0.141 e. The van der Waals surface area contributed by atoms with Crippen LogP contribution < -0.4 is 0 Å². The third-order valence-corrected chi connectivity index (χ3v) is 3.89. The van der Waals surface area contributed by atoms with Crippen LogP contribution in [0.1, 0.15) is 5.56 Å². The molecule has 0 radical (unpaired) electrons. The fourth-order valence-corrected chi connectivity index (χ4v) is 2.96. The van der Waals surface area contributed by atoms with Gasteiger partial charge in [-0.05, 0) is 35.9 Å². The average Bonchev–Trinajstić information content (AvgIpc) is 2.86. The minimum Gasteiger partial charge on any atom is -0.327 e. The maximum atomic E-state index is 13.5. The summed E-state index contributed by atoms with van der Waals surface area (Å²) < 4.78 is 16.1. The van der Waals surface area contributed by atoms with E-state index in [-0.39, 0.29) is 5.82 Å². The summed E-state index contributed by atoms with van der Waals surface area (Å²) in [7, 11) is 0. The van der Waals surface area contributed by atoms with E-state index in [1.54, 1.807) is 6.20 Å². The topological polar surface area (TPSA) is 17.8 Å². The summed E-state index contributed by atoms with van der Waals surface area (Å²) in [5.74, 6) is 0.500. The quantitative estimate of drug-likeness (QED) is 0.627. The number of halogens is 3. The maximum Gasteiger partial charge on any atom is 0.141 e. The van der Waals surface area contributed by atoms with E-state index >= 15 is 0 Å². The Balaban J connectivity index is 1.98. The second-order valence-corrected chi connectivity index (χ2v) is 5.96. The molecule has 21 heavy (non-hydrogen) atoms. The van der Waals surface area contributed by atoms with E-state index in [2.05, 4.69) is 20.9 Å². The lowest BCUT2D eigenvalue weighted by molar-refractivity contribution is 0.622. The van der Waals surface area contributed by atoms with Crippen LogP contribution in [0.2, 0.25) is 5.02 Å². The van der Waals surface area contributed by atoms with Gasteiger partial charge in [0.25, 0.3) is 0 Å². The van der Waals surface area contributed by atoms with Gasteiger partial charge in [0.1, 0.15) is 11.6 Å². The van der Waals surface area contributed by atoms with Gasteiger partial charge in [-0.3, -0.25) is 0 Å². The Bertz CT molecular complexity index is 765. The Labute approximate surface area is 135 Å². The first-order valence-corrected chi connectivity index (χ1v) is 7.51. The number of hydrogen-bond acceptors (Lipinski definition) is 1. The van der Waals surface area contributed by atoms with E-state index in [1.165, 1.54) is 12.1 Å². The minimum atomic E-state index is -0.265. The first kappa shape index (κ1) is 14.3. The zero-order valence-electron chi connectivity index (χ0n) is 10.9. The Kier molecular flexibility index (Phi) is 4.08. The van der Waals surface area contributed by atoms with Crippen molar-refractivity contribution in [2.45, 2.75) is 6.54 Å². The molecule has 0 saturated carbocycles. The molecule has 0 aliphatic carbocycles. The van der Waals surface area contributed by atoms with Crippen molar-refractivity contribution in [3.05, 3.63) is 75.7 Å². The van der Waals surface area contributed by atoms with Crippen molar-refractivity contribution in [2.24, 2.45) is 0 Å². The summed E-state index contributed by atoms with van der Waals surface area (Å²) in [5, 5.41) is 0.644. The Morgan fingerprint density at radius 2 is 2.00 bits per heavy atom. The molecule has 5 heteroatoms. The van der Waals surface area contributed by atoms with Crippen LogP contribution in [-0.4, -0.2) is 9.55 Å². The lowest BCUT2D eigenvalue weighted by Crippen LogP contribution is -2.02. The molecule has 0 bridgehead atoms. The molecule has 3 rings (SSSR count). The maximum absolute atomic E-state index is 13.5. The molecule has 1 aromatic heterocycles. The van der Waals surface area contributed by atoms with Gasteiger partial charge >= 0.3 is 0 Å². The van der Waals surface area contributed by atoms with Crippen molar-refractivity contribution >= 4 is 27.5 Å². The van der Waals surface area contributed by atoms with Gasteiger partial charge in [0.2, 0.25) is 0 Å². The van der Waals surface area contributed by atoms with Crippen molar-refractivity contribution in [2.75, 3.05) is 0 Å². The highest BCUT2D eigenvalue weighted by atomic mass is 79.9. The Morgan fingerprint density at radius 3 is 2.76 bits per heavy atom. The van der Waals surface area contributed by atoms with E-state index in [0.717, 1.165) is 21.4 Å². The SMILES string of the molecule is Fc1cc(Br)cc(Cn2ccnc2-c2ccccc2Cl)c1. The van der Waals surface area contributed by atoms with E-state index < -0.39 is 0 Å². The summed E-state index contributed by atoms with van der Waals surface area (Å²) in [6, 6.07) is 12.4. The van der Waals surface area contributed by atoms with Gasteiger partial charge in [0, 0.05) is 29.0 Å². The van der Waals surface area contributed by atoms with Crippen molar-refractivity contribution in [1.29, 1.82) is 0 Å². The zero-order valence-corrected chi connectivity index (χ0v) is 13.3. The Morgan fingerprint density at radius 1 is 1.19 bits per heavy atom. The molecule has 0 atom stereocenters. The van der Waals surface area contributed by atoms with Crippen LogP contribution in [0.3, 0.4) is 0 Å². The normalized spacial score (nSPS) is 10.8. The fraction of sp³-hybridized carbons (Fsp3) is 0.0625. The van der Waals surface area contributed by atoms with Crippen molar-refractivity contribution in [3.63, 3.8) is 0 Å². The van der Waals surface area contributed by atoms with Crippen molar-refractivity contribution in [3.8, 4) is 11.4 Å². The lowest BCUT2D eigenvalue weighted by atomic mass is 10.2. The first-order valence-electron chi connectivity index (χ1n) is 6.34. The van der Waals surface area contributed by atoms with Crippen molar-refractivity contribution < 1.29 is 4.39 Å². The highest BCUT2D eigenvalue weighted by molar-refractivity contribution is 9.10. The molecule has 0 spiro atoms. The summed E-state index contributed by atoms with van der Waals surface area (Å²) in [6.45, 7) is 0.525. The van der Waals surface area contributed by atoms with Gasteiger partial charge in [0.05, 0.1) is 5.02 Å². The number of imidazole rings is 1. The van der Waals surface area contributed by atoms with Gasteiger partial charge in [-0.15, -0.1) is 0 Å². The van der Waals surface area contributed by atoms with Crippen LogP contribution in [0, 0.1) is 5.82 Å². The largest absolute Gasteiger partial charge is 0.327 e. The molecular formula is C16H11BrClFN2. The van der Waals surface area contributed by atoms with E-state index in [9.17, 15) is 4.39 Å². The lowest BCUT2D eigenvalue weighted by Gasteiger charge is -2.10. The second-order valence-electron chi connectivity index (χ2n) is 4.64. The molecule has 0 fully saturated rings. The predicted molar refractivity (Wildman–Crippen MR) is 85.9 cm³/mol. The monoisotopic (exact) mass is 364 g/mol. The minimum absolute atomic E-state index is 0.265. The molecule has 1 heterocycles. The predicted octanol–water partition coefficient (Wildman–Crippen LogP) is 5.15. The molecule has 0 aliphatic rings. The first-order chi connectivity index (χ1) is 10.1. The van der Waals surface area contributed by atoms with Gasteiger partial charge in [-0.1, -0.05) is 39.7 Å². The molecule has 0 saturated heterocycles. The summed E-state index contributed by atoms with van der Waals surface area (Å²) >= 11 is 9.53. The molecule has 3 aromatic rings. The molecule has 2 nitrogen and oxygen atoms in total. The summed E-state index contributed by atoms with van der Waals surface area (Å²) in [5.41, 5.74) is 1.72. The van der Waals surface area contributed by atoms with Crippen LogP contribution in [0.5, 0.6) is 0 Å². The second kappa shape index (κ2) is 6.00. The van der Waals surface area contributed by atoms with Gasteiger partial charge in [-0.2, -0.15) is 0 Å². The third-order valence-electron chi connectivity index (χ3n) is 3.11. The van der Waals surface area contributed by atoms with E-state index in [4.69, 9.17) is 11.6 Å². The molecule has 0 aliphatic heterocycles. The van der Waals surface area contributed by atoms with Crippen LogP contribution in [-0.2, 0) is 6.54 Å². The van der Waals surface area contributed by atoms with Crippen LogP contribution >= 0.6 is 27.5 Å². The van der Waals surface area contributed by atoms with E-state index in [0.29, 0.717) is 11.6 Å². The molecule has 0 amide bonds. The highest BCUT2D eigenvalue weighted by Gasteiger charge is 2.10. The molecular weight excluding hydrogens is 355 g/mol. The highest BCUT2D eigenvalue weighted by Crippen LogP contribution is 2.27. The summed E-state index contributed by atoms with van der Waals surface area (Å²) in [4.78, 5) is 4.36. The standard InChI is InChI=1S/C16H11BrClFN2/c17-12-7-11(8-13(19)9-12)10-21-6-5-20-16(21)14-3-1-2-4-15(14)18/h1-9H,10H2. The number of nitrogens with zero attached hydrogens (tertiary/aromatic N) is 2.